The molecule has 0 aromatic heterocycles. The lowest BCUT2D eigenvalue weighted by atomic mass is 9.94. The van der Waals surface area contributed by atoms with Gasteiger partial charge in [-0.3, -0.25) is 0 Å². The quantitative estimate of drug-likeness (QED) is 0.830. The zero-order valence-corrected chi connectivity index (χ0v) is 15.8. The summed E-state index contributed by atoms with van der Waals surface area (Å²) in [5, 5.41) is 7.98. The maximum atomic E-state index is 6.33. The minimum Gasteiger partial charge on any atom is -0.486 e. The first-order valence-electron chi connectivity index (χ1n) is 8.94. The number of fused-ring (bicyclic) bond motifs is 1. The highest BCUT2D eigenvalue weighted by Gasteiger charge is 2.34. The minimum absolute atomic E-state index is 0. The molecule has 7 heteroatoms. The molecule has 0 amide bonds. The summed E-state index contributed by atoms with van der Waals surface area (Å²) in [6, 6.07) is 5.02. The van der Waals surface area contributed by atoms with Crippen LogP contribution in [0.3, 0.4) is 0 Å². The lowest BCUT2D eigenvalue weighted by molar-refractivity contribution is 0.0524. The molecule has 2 fully saturated rings. The van der Waals surface area contributed by atoms with E-state index in [1.54, 1.807) is 0 Å². The van der Waals surface area contributed by atoms with Gasteiger partial charge in [0.1, 0.15) is 13.2 Å². The Morgan fingerprint density at radius 1 is 1.16 bits per heavy atom. The number of hydrogen-bond donors (Lipinski definition) is 2. The van der Waals surface area contributed by atoms with E-state index in [9.17, 15) is 0 Å². The third kappa shape index (κ3) is 4.34. The number of ether oxygens (including phenoxy) is 3. The highest BCUT2D eigenvalue weighted by molar-refractivity contribution is 6.32. The molecule has 0 spiro atoms. The van der Waals surface area contributed by atoms with Crippen molar-refractivity contribution >= 4 is 24.0 Å². The second-order valence-electron chi connectivity index (χ2n) is 6.82. The number of morpholine rings is 1. The molecule has 1 saturated heterocycles. The van der Waals surface area contributed by atoms with Gasteiger partial charge in [0.15, 0.2) is 11.5 Å². The second-order valence-corrected chi connectivity index (χ2v) is 7.23. The molecule has 3 unspecified atom stereocenters. The fourth-order valence-electron chi connectivity index (χ4n) is 4.10. The van der Waals surface area contributed by atoms with Crippen LogP contribution < -0.4 is 20.1 Å². The van der Waals surface area contributed by atoms with Crippen LogP contribution in [0.2, 0.25) is 5.02 Å². The summed E-state index contributed by atoms with van der Waals surface area (Å²) in [5.41, 5.74) is 1.14. The number of hydrogen-bond acceptors (Lipinski definition) is 5. The zero-order valence-electron chi connectivity index (χ0n) is 14.3. The first-order valence-corrected chi connectivity index (χ1v) is 9.31. The topological polar surface area (TPSA) is 51.8 Å². The van der Waals surface area contributed by atoms with Crippen molar-refractivity contribution in [3.63, 3.8) is 0 Å². The first-order chi connectivity index (χ1) is 11.8. The van der Waals surface area contributed by atoms with Crippen LogP contribution >= 0.6 is 24.0 Å². The van der Waals surface area contributed by atoms with Crippen LogP contribution in [0.15, 0.2) is 12.1 Å². The molecule has 140 valence electrons. The van der Waals surface area contributed by atoms with Gasteiger partial charge in [0.2, 0.25) is 0 Å². The maximum absolute atomic E-state index is 6.33. The average molecular weight is 389 g/mol. The summed E-state index contributed by atoms with van der Waals surface area (Å²) in [5.74, 6) is 2.07. The minimum atomic E-state index is 0. The molecule has 4 rings (SSSR count). The Labute approximate surface area is 160 Å². The van der Waals surface area contributed by atoms with Gasteiger partial charge in [-0.2, -0.15) is 0 Å². The van der Waals surface area contributed by atoms with E-state index < -0.39 is 0 Å². The van der Waals surface area contributed by atoms with Gasteiger partial charge < -0.3 is 24.8 Å². The number of rotatable bonds is 4. The lowest BCUT2D eigenvalue weighted by Gasteiger charge is -2.33. The summed E-state index contributed by atoms with van der Waals surface area (Å²) in [7, 11) is 0. The van der Waals surface area contributed by atoms with E-state index in [-0.39, 0.29) is 12.4 Å². The number of halogens is 2. The Kier molecular flexibility index (Phi) is 6.69. The fourth-order valence-corrected chi connectivity index (χ4v) is 4.39. The monoisotopic (exact) mass is 388 g/mol. The van der Waals surface area contributed by atoms with Gasteiger partial charge >= 0.3 is 0 Å². The Hall–Kier alpha value is -0.720. The Morgan fingerprint density at radius 3 is 2.88 bits per heavy atom. The third-order valence-electron chi connectivity index (χ3n) is 5.26. The Morgan fingerprint density at radius 2 is 2.04 bits per heavy atom. The molecular weight excluding hydrogens is 363 g/mol. The highest BCUT2D eigenvalue weighted by Crippen LogP contribution is 2.38. The van der Waals surface area contributed by atoms with Crippen LogP contribution in [0.4, 0.5) is 0 Å². The number of benzene rings is 1. The summed E-state index contributed by atoms with van der Waals surface area (Å²) >= 11 is 6.33. The Balaban J connectivity index is 0.00000182. The smallest absolute Gasteiger partial charge is 0.179 e. The number of nitrogens with one attached hydrogen (secondary N) is 2. The molecule has 5 nitrogen and oxygen atoms in total. The third-order valence-corrected chi connectivity index (χ3v) is 5.54. The molecule has 1 aliphatic carbocycles. The molecule has 25 heavy (non-hydrogen) atoms. The maximum Gasteiger partial charge on any atom is 0.179 e. The molecule has 3 aliphatic rings. The van der Waals surface area contributed by atoms with Crippen molar-refractivity contribution in [2.24, 2.45) is 5.92 Å². The fraction of sp³-hybridized carbons (Fsp3) is 0.667. The van der Waals surface area contributed by atoms with Crippen LogP contribution in [0.5, 0.6) is 11.5 Å². The van der Waals surface area contributed by atoms with Gasteiger partial charge in [0.05, 0.1) is 18.2 Å². The van der Waals surface area contributed by atoms with Crippen molar-refractivity contribution in [2.45, 2.75) is 37.9 Å². The predicted molar refractivity (Wildman–Crippen MR) is 100 cm³/mol. The summed E-state index contributed by atoms with van der Waals surface area (Å²) < 4.78 is 16.9. The summed E-state index contributed by atoms with van der Waals surface area (Å²) in [6.45, 7) is 4.56. The molecule has 0 radical (unpaired) electrons. The van der Waals surface area contributed by atoms with Gasteiger partial charge in [-0.25, -0.2) is 0 Å². The van der Waals surface area contributed by atoms with Gasteiger partial charge in [-0.1, -0.05) is 18.0 Å². The molecule has 1 saturated carbocycles. The predicted octanol–water partition coefficient (Wildman–Crippen LogP) is 2.78. The van der Waals surface area contributed by atoms with Gasteiger partial charge in [0, 0.05) is 25.2 Å². The zero-order chi connectivity index (χ0) is 16.4. The van der Waals surface area contributed by atoms with Crippen LogP contribution in [-0.4, -0.2) is 45.1 Å². The van der Waals surface area contributed by atoms with Crippen molar-refractivity contribution in [2.75, 3.05) is 33.0 Å². The van der Waals surface area contributed by atoms with Crippen LogP contribution in [0.1, 0.15) is 24.8 Å². The lowest BCUT2D eigenvalue weighted by Crippen LogP contribution is -2.50. The molecule has 1 aromatic carbocycles. The van der Waals surface area contributed by atoms with Crippen molar-refractivity contribution in [3.8, 4) is 11.5 Å². The first kappa shape index (κ1) is 19.1. The largest absolute Gasteiger partial charge is 0.486 e. The van der Waals surface area contributed by atoms with Crippen LogP contribution in [-0.2, 0) is 11.3 Å². The van der Waals surface area contributed by atoms with E-state index in [1.165, 1.54) is 19.3 Å². The van der Waals surface area contributed by atoms with E-state index >= 15 is 0 Å². The summed E-state index contributed by atoms with van der Waals surface area (Å²) in [6.07, 6.45) is 3.77. The molecule has 2 heterocycles. The van der Waals surface area contributed by atoms with Crippen molar-refractivity contribution < 1.29 is 14.2 Å². The molecule has 1 aromatic rings. The van der Waals surface area contributed by atoms with Crippen molar-refractivity contribution in [3.05, 3.63) is 22.7 Å². The standard InChI is InChI=1S/C18H25ClN2O3.ClH/c19-14-8-12(9-17-18(14)24-7-6-23-17)10-21-15-3-1-2-13(15)16-11-22-5-4-20-16;/h8-9,13,15-16,20-21H,1-7,10-11H2;1H. The van der Waals surface area contributed by atoms with Crippen LogP contribution in [0, 0.1) is 5.92 Å². The van der Waals surface area contributed by atoms with E-state index in [1.807, 2.05) is 12.1 Å². The second kappa shape index (κ2) is 8.78. The SMILES string of the molecule is Cl.Clc1cc(CNC2CCCC2C2COCCN2)cc2c1OCCO2. The molecule has 0 bridgehead atoms. The normalized spacial score (nSPS) is 28.4. The molecular formula is C18H26Cl2N2O3. The summed E-state index contributed by atoms with van der Waals surface area (Å²) in [4.78, 5) is 0. The average Bonchev–Trinajstić information content (AvgIpc) is 3.09. The van der Waals surface area contributed by atoms with E-state index in [4.69, 9.17) is 25.8 Å². The van der Waals surface area contributed by atoms with E-state index in [0.29, 0.717) is 42.0 Å². The van der Waals surface area contributed by atoms with Gasteiger partial charge in [-0.15, -0.1) is 12.4 Å². The van der Waals surface area contributed by atoms with Crippen molar-refractivity contribution in [1.29, 1.82) is 0 Å². The Bertz CT molecular complexity index is 582. The van der Waals surface area contributed by atoms with E-state index in [0.717, 1.165) is 37.6 Å². The highest BCUT2D eigenvalue weighted by atomic mass is 35.5. The van der Waals surface area contributed by atoms with Gasteiger partial charge in [-0.05, 0) is 36.5 Å². The molecule has 2 aliphatic heterocycles. The molecule has 3 atom stereocenters. The van der Waals surface area contributed by atoms with Crippen LogP contribution in [0.25, 0.3) is 0 Å². The van der Waals surface area contributed by atoms with Gasteiger partial charge in [0.25, 0.3) is 0 Å². The van der Waals surface area contributed by atoms with Crippen molar-refractivity contribution in [1.82, 2.24) is 10.6 Å². The molecule has 2 N–H and O–H groups in total. The van der Waals surface area contributed by atoms with E-state index in [2.05, 4.69) is 10.6 Å².